The zero-order valence-corrected chi connectivity index (χ0v) is 11.6. The molecule has 1 aliphatic heterocycles. The van der Waals surface area contributed by atoms with Gasteiger partial charge in [0.1, 0.15) is 0 Å². The fraction of sp³-hybridized carbons (Fsp3) is 0.923. The molecule has 4 nitrogen and oxygen atoms in total. The van der Waals surface area contributed by atoms with E-state index in [1.807, 2.05) is 18.7 Å². The van der Waals surface area contributed by atoms with Crippen LogP contribution >= 0.6 is 0 Å². The van der Waals surface area contributed by atoms with Gasteiger partial charge in [-0.1, -0.05) is 6.92 Å². The second-order valence-electron chi connectivity index (χ2n) is 5.13. The maximum atomic E-state index is 12.3. The molecule has 0 aromatic carbocycles. The fourth-order valence-corrected chi connectivity index (χ4v) is 2.47. The molecule has 0 aromatic rings. The Morgan fingerprint density at radius 1 is 1.41 bits per heavy atom. The number of carbonyl (C=O) groups excluding carboxylic acids is 1. The van der Waals surface area contributed by atoms with E-state index in [0.717, 1.165) is 19.6 Å². The molecule has 4 heteroatoms. The second-order valence-corrected chi connectivity index (χ2v) is 5.13. The molecule has 1 heterocycles. The summed E-state index contributed by atoms with van der Waals surface area (Å²) in [5, 5.41) is 0. The molecule has 0 radical (unpaired) electrons. The van der Waals surface area contributed by atoms with Gasteiger partial charge in [-0.25, -0.2) is 0 Å². The molecule has 0 aliphatic carbocycles. The van der Waals surface area contributed by atoms with Crippen molar-refractivity contribution in [3.05, 3.63) is 0 Å². The van der Waals surface area contributed by atoms with Gasteiger partial charge in [0.15, 0.2) is 0 Å². The van der Waals surface area contributed by atoms with Gasteiger partial charge in [-0.15, -0.1) is 0 Å². The number of likely N-dealkylation sites (tertiary alicyclic amines) is 1. The van der Waals surface area contributed by atoms with Crippen LogP contribution in [0.3, 0.4) is 0 Å². The summed E-state index contributed by atoms with van der Waals surface area (Å²) in [6, 6.07) is 0.314. The highest BCUT2D eigenvalue weighted by atomic mass is 16.5. The zero-order chi connectivity index (χ0) is 13.0. The van der Waals surface area contributed by atoms with Gasteiger partial charge in [-0.3, -0.25) is 4.79 Å². The zero-order valence-electron chi connectivity index (χ0n) is 11.6. The Bertz CT molecular complexity index is 257. The molecule has 1 rings (SSSR count). The molecule has 0 aromatic heterocycles. The van der Waals surface area contributed by atoms with E-state index < -0.39 is 0 Å². The van der Waals surface area contributed by atoms with E-state index in [2.05, 4.69) is 6.92 Å². The molecular formula is C13H25NO3. The van der Waals surface area contributed by atoms with Gasteiger partial charge in [0, 0.05) is 32.7 Å². The molecule has 0 N–H and O–H groups in total. The van der Waals surface area contributed by atoms with E-state index in [4.69, 9.17) is 9.47 Å². The number of amides is 1. The number of carbonyl (C=O) groups is 1. The lowest BCUT2D eigenvalue weighted by Gasteiger charge is -2.27. The SMILES string of the molecule is COCC1C[C@@H](C)N(C(=O)C(C)[C@@H](C)OC)C1. The van der Waals surface area contributed by atoms with Gasteiger partial charge in [0.2, 0.25) is 5.91 Å². The fourth-order valence-electron chi connectivity index (χ4n) is 2.47. The van der Waals surface area contributed by atoms with Crippen LogP contribution in [0.15, 0.2) is 0 Å². The van der Waals surface area contributed by atoms with Crippen LogP contribution in [0.1, 0.15) is 27.2 Å². The van der Waals surface area contributed by atoms with Crippen molar-refractivity contribution in [3.8, 4) is 0 Å². The Hall–Kier alpha value is -0.610. The molecule has 17 heavy (non-hydrogen) atoms. The molecule has 0 spiro atoms. The Morgan fingerprint density at radius 2 is 2.06 bits per heavy atom. The Kier molecular flexibility index (Phi) is 5.40. The maximum Gasteiger partial charge on any atom is 0.228 e. The van der Waals surface area contributed by atoms with Crippen molar-refractivity contribution in [2.45, 2.75) is 39.3 Å². The largest absolute Gasteiger partial charge is 0.384 e. The summed E-state index contributed by atoms with van der Waals surface area (Å²) in [6.07, 6.45) is 1.00. The normalized spacial score (nSPS) is 28.2. The van der Waals surface area contributed by atoms with Crippen molar-refractivity contribution >= 4 is 5.91 Å². The summed E-state index contributed by atoms with van der Waals surface area (Å²) in [5.41, 5.74) is 0. The van der Waals surface area contributed by atoms with Gasteiger partial charge in [-0.05, 0) is 20.3 Å². The summed E-state index contributed by atoms with van der Waals surface area (Å²) >= 11 is 0. The number of ether oxygens (including phenoxy) is 2. The molecule has 2 unspecified atom stereocenters. The topological polar surface area (TPSA) is 38.8 Å². The summed E-state index contributed by atoms with van der Waals surface area (Å²) in [6.45, 7) is 7.54. The van der Waals surface area contributed by atoms with Crippen LogP contribution in [0.4, 0.5) is 0 Å². The van der Waals surface area contributed by atoms with Gasteiger partial charge < -0.3 is 14.4 Å². The minimum absolute atomic E-state index is 0.0313. The highest BCUT2D eigenvalue weighted by Gasteiger charge is 2.35. The molecule has 4 atom stereocenters. The monoisotopic (exact) mass is 243 g/mol. The van der Waals surface area contributed by atoms with E-state index in [0.29, 0.717) is 12.0 Å². The first-order chi connectivity index (χ1) is 8.01. The number of nitrogens with zero attached hydrogens (tertiary/aromatic N) is 1. The molecule has 1 fully saturated rings. The number of hydrogen-bond acceptors (Lipinski definition) is 3. The average molecular weight is 243 g/mol. The Morgan fingerprint density at radius 3 is 2.59 bits per heavy atom. The number of methoxy groups -OCH3 is 2. The maximum absolute atomic E-state index is 12.3. The van der Waals surface area contributed by atoms with Crippen LogP contribution in [0.25, 0.3) is 0 Å². The smallest absolute Gasteiger partial charge is 0.228 e. The van der Waals surface area contributed by atoms with Crippen LogP contribution in [0, 0.1) is 11.8 Å². The molecule has 0 bridgehead atoms. The van der Waals surface area contributed by atoms with E-state index in [9.17, 15) is 4.79 Å². The average Bonchev–Trinajstić information content (AvgIpc) is 2.68. The van der Waals surface area contributed by atoms with Crippen LogP contribution < -0.4 is 0 Å². The third-order valence-corrected chi connectivity index (χ3v) is 3.81. The van der Waals surface area contributed by atoms with E-state index in [1.165, 1.54) is 0 Å². The highest BCUT2D eigenvalue weighted by molar-refractivity contribution is 5.79. The lowest BCUT2D eigenvalue weighted by molar-refractivity contribution is -0.139. The predicted octanol–water partition coefficient (Wildman–Crippen LogP) is 1.54. The van der Waals surface area contributed by atoms with Crippen LogP contribution in [-0.4, -0.2) is 50.3 Å². The first-order valence-corrected chi connectivity index (χ1v) is 6.33. The third kappa shape index (κ3) is 3.42. The summed E-state index contributed by atoms with van der Waals surface area (Å²) in [5.74, 6) is 0.596. The second kappa shape index (κ2) is 6.36. The minimum Gasteiger partial charge on any atom is -0.384 e. The van der Waals surface area contributed by atoms with Gasteiger partial charge in [0.05, 0.1) is 18.6 Å². The summed E-state index contributed by atoms with van der Waals surface area (Å²) in [7, 11) is 3.36. The summed E-state index contributed by atoms with van der Waals surface area (Å²) in [4.78, 5) is 14.3. The lowest BCUT2D eigenvalue weighted by Crippen LogP contribution is -2.41. The predicted molar refractivity (Wildman–Crippen MR) is 66.8 cm³/mol. The van der Waals surface area contributed by atoms with Crippen LogP contribution in [0.5, 0.6) is 0 Å². The van der Waals surface area contributed by atoms with Gasteiger partial charge in [0.25, 0.3) is 0 Å². The van der Waals surface area contributed by atoms with Crippen molar-refractivity contribution in [1.29, 1.82) is 0 Å². The van der Waals surface area contributed by atoms with Crippen LogP contribution in [-0.2, 0) is 14.3 Å². The van der Waals surface area contributed by atoms with E-state index in [1.54, 1.807) is 14.2 Å². The molecular weight excluding hydrogens is 218 g/mol. The molecule has 1 saturated heterocycles. The molecule has 1 aliphatic rings. The van der Waals surface area contributed by atoms with E-state index in [-0.39, 0.29) is 17.9 Å². The van der Waals surface area contributed by atoms with Gasteiger partial charge >= 0.3 is 0 Å². The van der Waals surface area contributed by atoms with Gasteiger partial charge in [-0.2, -0.15) is 0 Å². The Labute approximate surface area is 104 Å². The summed E-state index contributed by atoms with van der Waals surface area (Å²) < 4.78 is 10.4. The van der Waals surface area contributed by atoms with Crippen molar-refractivity contribution in [2.75, 3.05) is 27.4 Å². The minimum atomic E-state index is -0.0799. The number of rotatable bonds is 5. The Balaban J connectivity index is 2.58. The first-order valence-electron chi connectivity index (χ1n) is 6.33. The highest BCUT2D eigenvalue weighted by Crippen LogP contribution is 2.25. The quantitative estimate of drug-likeness (QED) is 0.735. The number of hydrogen-bond donors (Lipinski definition) is 0. The lowest BCUT2D eigenvalue weighted by atomic mass is 10.0. The van der Waals surface area contributed by atoms with Crippen molar-refractivity contribution < 1.29 is 14.3 Å². The third-order valence-electron chi connectivity index (χ3n) is 3.81. The van der Waals surface area contributed by atoms with Crippen molar-refractivity contribution in [1.82, 2.24) is 4.90 Å². The molecule has 100 valence electrons. The molecule has 0 saturated carbocycles. The standard InChI is InChI=1S/C13H25NO3/c1-9-6-12(8-16-4)7-14(9)13(15)10(2)11(3)17-5/h9-12H,6-8H2,1-5H3/t9-,10?,11-,12?/m1/s1. The first kappa shape index (κ1) is 14.5. The van der Waals surface area contributed by atoms with Crippen molar-refractivity contribution in [2.24, 2.45) is 11.8 Å². The van der Waals surface area contributed by atoms with Crippen molar-refractivity contribution in [3.63, 3.8) is 0 Å². The van der Waals surface area contributed by atoms with Crippen LogP contribution in [0.2, 0.25) is 0 Å². The molecule has 1 amide bonds. The van der Waals surface area contributed by atoms with E-state index >= 15 is 0 Å².